The first-order valence-electron chi connectivity index (χ1n) is 9.41. The molecule has 0 saturated carbocycles. The molecule has 2 aromatic heterocycles. The van der Waals surface area contributed by atoms with Crippen molar-refractivity contribution < 1.29 is 12.9 Å². The van der Waals surface area contributed by atoms with E-state index in [1.54, 1.807) is 18.2 Å². The van der Waals surface area contributed by atoms with Crippen molar-refractivity contribution in [3.8, 4) is 0 Å². The van der Waals surface area contributed by atoms with Crippen molar-refractivity contribution in [2.45, 2.75) is 32.1 Å². The van der Waals surface area contributed by atoms with E-state index in [0.717, 1.165) is 29.6 Å². The van der Waals surface area contributed by atoms with Crippen LogP contribution in [0.2, 0.25) is 0 Å². The van der Waals surface area contributed by atoms with Gasteiger partial charge in [0.25, 0.3) is 0 Å². The van der Waals surface area contributed by atoms with Crippen molar-refractivity contribution in [1.82, 2.24) is 14.4 Å². The second-order valence-corrected chi connectivity index (χ2v) is 9.12. The number of hydrogen-bond acceptors (Lipinski definition) is 6. The van der Waals surface area contributed by atoms with Crippen molar-refractivity contribution in [3.05, 3.63) is 47.5 Å². The highest BCUT2D eigenvalue weighted by molar-refractivity contribution is 7.89. The molecule has 7 nitrogen and oxygen atoms in total. The predicted octanol–water partition coefficient (Wildman–Crippen LogP) is 3.05. The van der Waals surface area contributed by atoms with Crippen LogP contribution in [0.15, 0.2) is 39.9 Å². The maximum Gasteiger partial charge on any atom is 0.248 e. The summed E-state index contributed by atoms with van der Waals surface area (Å²) in [5.74, 6) is 0.342. The van der Waals surface area contributed by atoms with E-state index in [9.17, 15) is 8.42 Å². The van der Waals surface area contributed by atoms with Crippen LogP contribution in [-0.2, 0) is 10.0 Å². The average Bonchev–Trinajstić information content (AvgIpc) is 2.86. The SMILES string of the molecule is Cc1ccc2nccc(N3CCCN(S(=O)(=O)c4c(C)noc4C)CC3)c2c1. The number of aromatic nitrogens is 2. The summed E-state index contributed by atoms with van der Waals surface area (Å²) in [5.41, 5.74) is 3.64. The number of sulfonamides is 1. The van der Waals surface area contributed by atoms with E-state index in [-0.39, 0.29) is 4.90 Å². The summed E-state index contributed by atoms with van der Waals surface area (Å²) in [5, 5.41) is 4.91. The molecule has 0 spiro atoms. The van der Waals surface area contributed by atoms with Crippen LogP contribution in [0.4, 0.5) is 5.69 Å². The zero-order valence-corrected chi connectivity index (χ0v) is 17.2. The lowest BCUT2D eigenvalue weighted by Crippen LogP contribution is -2.35. The van der Waals surface area contributed by atoms with E-state index >= 15 is 0 Å². The Morgan fingerprint density at radius 1 is 1.04 bits per heavy atom. The second-order valence-electron chi connectivity index (χ2n) is 7.25. The predicted molar refractivity (Wildman–Crippen MR) is 108 cm³/mol. The fraction of sp³-hybridized carbons (Fsp3) is 0.400. The molecule has 1 aliphatic rings. The monoisotopic (exact) mass is 400 g/mol. The summed E-state index contributed by atoms with van der Waals surface area (Å²) < 4.78 is 32.9. The van der Waals surface area contributed by atoms with Crippen LogP contribution >= 0.6 is 0 Å². The van der Waals surface area contributed by atoms with Gasteiger partial charge in [-0.25, -0.2) is 8.42 Å². The Morgan fingerprint density at radius 3 is 2.61 bits per heavy atom. The highest BCUT2D eigenvalue weighted by Crippen LogP contribution is 2.29. The molecule has 3 aromatic rings. The van der Waals surface area contributed by atoms with Crippen LogP contribution < -0.4 is 4.90 Å². The molecule has 0 aliphatic carbocycles. The molecule has 0 unspecified atom stereocenters. The minimum Gasteiger partial charge on any atom is -0.370 e. The third kappa shape index (κ3) is 3.27. The summed E-state index contributed by atoms with van der Waals surface area (Å²) in [6.45, 7) is 7.68. The highest BCUT2D eigenvalue weighted by Gasteiger charge is 2.32. The largest absolute Gasteiger partial charge is 0.370 e. The lowest BCUT2D eigenvalue weighted by Gasteiger charge is -2.24. The third-order valence-electron chi connectivity index (χ3n) is 5.24. The molecule has 4 rings (SSSR count). The molecule has 1 fully saturated rings. The second kappa shape index (κ2) is 7.18. The molecular weight excluding hydrogens is 376 g/mol. The number of fused-ring (bicyclic) bond motifs is 1. The van der Waals surface area contributed by atoms with Gasteiger partial charge in [-0.05, 0) is 45.4 Å². The molecule has 0 N–H and O–H groups in total. The van der Waals surface area contributed by atoms with Gasteiger partial charge in [-0.3, -0.25) is 4.98 Å². The minimum absolute atomic E-state index is 0.200. The minimum atomic E-state index is -3.62. The van der Waals surface area contributed by atoms with E-state index < -0.39 is 10.0 Å². The van der Waals surface area contributed by atoms with Crippen LogP contribution in [-0.4, -0.2) is 49.0 Å². The fourth-order valence-electron chi connectivity index (χ4n) is 3.87. The van der Waals surface area contributed by atoms with Gasteiger partial charge in [0, 0.05) is 43.4 Å². The van der Waals surface area contributed by atoms with E-state index in [0.29, 0.717) is 31.1 Å². The summed E-state index contributed by atoms with van der Waals surface area (Å²) in [7, 11) is -3.62. The molecule has 0 atom stereocenters. The number of anilines is 1. The Balaban J connectivity index is 1.62. The maximum absolute atomic E-state index is 13.1. The smallest absolute Gasteiger partial charge is 0.248 e. The van der Waals surface area contributed by atoms with Crippen LogP contribution in [0.5, 0.6) is 0 Å². The molecule has 1 saturated heterocycles. The van der Waals surface area contributed by atoms with Crippen LogP contribution in [0.25, 0.3) is 10.9 Å². The van der Waals surface area contributed by atoms with Crippen molar-refractivity contribution >= 4 is 26.6 Å². The zero-order valence-electron chi connectivity index (χ0n) is 16.3. The Bertz CT molecular complexity index is 1100. The number of aryl methyl sites for hydroxylation is 3. The first-order valence-corrected chi connectivity index (χ1v) is 10.9. The van der Waals surface area contributed by atoms with E-state index in [1.165, 1.54) is 5.56 Å². The number of hydrogen-bond donors (Lipinski definition) is 0. The zero-order chi connectivity index (χ0) is 19.9. The van der Waals surface area contributed by atoms with Gasteiger partial charge >= 0.3 is 0 Å². The molecule has 3 heterocycles. The van der Waals surface area contributed by atoms with Crippen molar-refractivity contribution in [2.24, 2.45) is 0 Å². The standard InChI is InChI=1S/C20H24N4O3S/c1-14-5-6-18-17(13-14)19(7-8-21-18)23-9-4-10-24(12-11-23)28(25,26)20-15(2)22-27-16(20)3/h5-8,13H,4,9-12H2,1-3H3. The molecule has 8 heteroatoms. The first-order chi connectivity index (χ1) is 13.4. The summed E-state index contributed by atoms with van der Waals surface area (Å²) >= 11 is 0. The van der Waals surface area contributed by atoms with Gasteiger partial charge in [0.05, 0.1) is 5.52 Å². The van der Waals surface area contributed by atoms with Gasteiger partial charge in [0.15, 0.2) is 5.76 Å². The van der Waals surface area contributed by atoms with E-state index in [2.05, 4.69) is 34.1 Å². The quantitative estimate of drug-likeness (QED) is 0.672. The van der Waals surface area contributed by atoms with Crippen molar-refractivity contribution in [1.29, 1.82) is 0 Å². The molecule has 148 valence electrons. The summed E-state index contributed by atoms with van der Waals surface area (Å²) in [6, 6.07) is 8.24. The van der Waals surface area contributed by atoms with Crippen molar-refractivity contribution in [2.75, 3.05) is 31.1 Å². The Kier molecular flexibility index (Phi) is 4.84. The molecule has 28 heavy (non-hydrogen) atoms. The van der Waals surface area contributed by atoms with Gasteiger partial charge in [-0.2, -0.15) is 4.31 Å². The Labute approximate surface area is 165 Å². The van der Waals surface area contributed by atoms with Gasteiger partial charge in [0.2, 0.25) is 10.0 Å². The van der Waals surface area contributed by atoms with Crippen LogP contribution in [0.3, 0.4) is 0 Å². The third-order valence-corrected chi connectivity index (χ3v) is 7.38. The van der Waals surface area contributed by atoms with Gasteiger partial charge < -0.3 is 9.42 Å². The molecule has 0 radical (unpaired) electrons. The Hall–Kier alpha value is -2.45. The van der Waals surface area contributed by atoms with Gasteiger partial charge in [-0.15, -0.1) is 0 Å². The Morgan fingerprint density at radius 2 is 1.86 bits per heavy atom. The van der Waals surface area contributed by atoms with Gasteiger partial charge in [0.1, 0.15) is 10.6 Å². The van der Waals surface area contributed by atoms with E-state index in [4.69, 9.17) is 4.52 Å². The fourth-order valence-corrected chi connectivity index (χ4v) is 5.63. The normalized spacial score (nSPS) is 16.5. The molecule has 1 aliphatic heterocycles. The summed E-state index contributed by atoms with van der Waals surface area (Å²) in [6.07, 6.45) is 2.56. The maximum atomic E-state index is 13.1. The number of nitrogens with zero attached hydrogens (tertiary/aromatic N) is 4. The lowest BCUT2D eigenvalue weighted by molar-refractivity contribution is 0.389. The molecular formula is C20H24N4O3S. The first kappa shape index (κ1) is 18.9. The van der Waals surface area contributed by atoms with Gasteiger partial charge in [-0.1, -0.05) is 16.8 Å². The summed E-state index contributed by atoms with van der Waals surface area (Å²) in [4.78, 5) is 6.91. The average molecular weight is 401 g/mol. The highest BCUT2D eigenvalue weighted by atomic mass is 32.2. The number of benzene rings is 1. The number of rotatable bonds is 3. The number of pyridine rings is 1. The molecule has 0 amide bonds. The lowest BCUT2D eigenvalue weighted by atomic mass is 10.1. The molecule has 1 aromatic carbocycles. The van der Waals surface area contributed by atoms with E-state index in [1.807, 2.05) is 18.3 Å². The van der Waals surface area contributed by atoms with Crippen LogP contribution in [0.1, 0.15) is 23.4 Å². The topological polar surface area (TPSA) is 79.5 Å². The molecule has 0 bridgehead atoms. The van der Waals surface area contributed by atoms with Crippen LogP contribution in [0, 0.1) is 20.8 Å². The van der Waals surface area contributed by atoms with Crippen molar-refractivity contribution in [3.63, 3.8) is 0 Å².